The molecule has 0 spiro atoms. The Hall–Kier alpha value is -1.90. The second-order valence-corrected chi connectivity index (χ2v) is 4.53. The summed E-state index contributed by atoms with van der Waals surface area (Å²) >= 11 is 0. The molecule has 1 aliphatic heterocycles. The third-order valence-corrected chi connectivity index (χ3v) is 3.26. The van der Waals surface area contributed by atoms with Crippen molar-refractivity contribution in [1.29, 1.82) is 0 Å². The predicted octanol–water partition coefficient (Wildman–Crippen LogP) is 3.46. The maximum absolute atomic E-state index is 5.86. The SMILES string of the molecule is c1coc(COc2ccccc2N2CCCC2)c1. The fraction of sp³-hybridized carbons (Fsp3) is 0.333. The Morgan fingerprint density at radius 3 is 2.67 bits per heavy atom. The van der Waals surface area contributed by atoms with E-state index >= 15 is 0 Å². The van der Waals surface area contributed by atoms with Crippen molar-refractivity contribution in [2.24, 2.45) is 0 Å². The van der Waals surface area contributed by atoms with Gasteiger partial charge in [-0.2, -0.15) is 0 Å². The number of ether oxygens (including phenoxy) is 1. The zero-order valence-electron chi connectivity index (χ0n) is 10.3. The second-order valence-electron chi connectivity index (χ2n) is 4.53. The van der Waals surface area contributed by atoms with Gasteiger partial charge in [0.25, 0.3) is 0 Å². The topological polar surface area (TPSA) is 25.6 Å². The average Bonchev–Trinajstić information content (AvgIpc) is 3.10. The zero-order valence-corrected chi connectivity index (χ0v) is 10.3. The molecule has 2 heterocycles. The van der Waals surface area contributed by atoms with E-state index in [0.717, 1.165) is 24.6 Å². The molecule has 3 nitrogen and oxygen atoms in total. The first-order valence-electron chi connectivity index (χ1n) is 6.42. The smallest absolute Gasteiger partial charge is 0.146 e. The highest BCUT2D eigenvalue weighted by molar-refractivity contribution is 5.58. The monoisotopic (exact) mass is 243 g/mol. The number of hydrogen-bond acceptors (Lipinski definition) is 3. The minimum atomic E-state index is 0.484. The quantitative estimate of drug-likeness (QED) is 0.822. The van der Waals surface area contributed by atoms with Crippen LogP contribution in [0.25, 0.3) is 0 Å². The number of furan rings is 1. The van der Waals surface area contributed by atoms with Gasteiger partial charge in [-0.25, -0.2) is 0 Å². The summed E-state index contributed by atoms with van der Waals surface area (Å²) in [5.41, 5.74) is 1.20. The van der Waals surface area contributed by atoms with E-state index in [1.54, 1.807) is 6.26 Å². The van der Waals surface area contributed by atoms with Crippen molar-refractivity contribution < 1.29 is 9.15 Å². The van der Waals surface area contributed by atoms with E-state index in [9.17, 15) is 0 Å². The Morgan fingerprint density at radius 2 is 1.89 bits per heavy atom. The predicted molar refractivity (Wildman–Crippen MR) is 70.9 cm³/mol. The van der Waals surface area contributed by atoms with Crippen LogP contribution in [0.15, 0.2) is 47.1 Å². The van der Waals surface area contributed by atoms with E-state index in [-0.39, 0.29) is 0 Å². The van der Waals surface area contributed by atoms with Gasteiger partial charge in [0.05, 0.1) is 12.0 Å². The molecular formula is C15H17NO2. The van der Waals surface area contributed by atoms with E-state index < -0.39 is 0 Å². The van der Waals surface area contributed by atoms with E-state index in [1.807, 2.05) is 24.3 Å². The molecule has 1 aromatic heterocycles. The third-order valence-electron chi connectivity index (χ3n) is 3.26. The second kappa shape index (κ2) is 5.17. The van der Waals surface area contributed by atoms with Crippen LogP contribution < -0.4 is 9.64 Å². The Morgan fingerprint density at radius 1 is 1.06 bits per heavy atom. The van der Waals surface area contributed by atoms with Crippen molar-refractivity contribution in [3.63, 3.8) is 0 Å². The van der Waals surface area contributed by atoms with Crippen LogP contribution in [0.2, 0.25) is 0 Å². The van der Waals surface area contributed by atoms with Gasteiger partial charge in [-0.1, -0.05) is 12.1 Å². The standard InChI is InChI=1S/C15H17NO2/c1-2-8-15(18-12-13-6-5-11-17-13)14(7-1)16-9-3-4-10-16/h1-2,5-8,11H,3-4,9-10,12H2. The van der Waals surface area contributed by atoms with Crippen molar-refractivity contribution in [1.82, 2.24) is 0 Å². The fourth-order valence-corrected chi connectivity index (χ4v) is 2.34. The highest BCUT2D eigenvalue weighted by atomic mass is 16.5. The number of nitrogens with zero attached hydrogens (tertiary/aromatic N) is 1. The number of anilines is 1. The minimum absolute atomic E-state index is 0.484. The van der Waals surface area contributed by atoms with Gasteiger partial charge in [-0.3, -0.25) is 0 Å². The number of benzene rings is 1. The summed E-state index contributed by atoms with van der Waals surface area (Å²) < 4.78 is 11.1. The fourth-order valence-electron chi connectivity index (χ4n) is 2.34. The van der Waals surface area contributed by atoms with Gasteiger partial charge in [0.1, 0.15) is 18.1 Å². The maximum atomic E-state index is 5.86. The summed E-state index contributed by atoms with van der Waals surface area (Å²) in [6.07, 6.45) is 4.21. The molecule has 1 aliphatic rings. The highest BCUT2D eigenvalue weighted by Crippen LogP contribution is 2.31. The first-order chi connectivity index (χ1) is 8.93. The molecule has 94 valence electrons. The average molecular weight is 243 g/mol. The lowest BCUT2D eigenvalue weighted by atomic mass is 10.2. The van der Waals surface area contributed by atoms with Gasteiger partial charge in [-0.15, -0.1) is 0 Å². The molecule has 0 atom stereocenters. The van der Waals surface area contributed by atoms with Crippen LogP contribution in [0.1, 0.15) is 18.6 Å². The molecule has 0 bridgehead atoms. The van der Waals surface area contributed by atoms with Crippen molar-refractivity contribution in [3.05, 3.63) is 48.4 Å². The van der Waals surface area contributed by atoms with Gasteiger partial charge in [0.2, 0.25) is 0 Å². The van der Waals surface area contributed by atoms with Gasteiger partial charge < -0.3 is 14.1 Å². The Bertz CT molecular complexity index is 487. The van der Waals surface area contributed by atoms with Crippen LogP contribution >= 0.6 is 0 Å². The van der Waals surface area contributed by atoms with Crippen LogP contribution in [0.4, 0.5) is 5.69 Å². The largest absolute Gasteiger partial charge is 0.483 e. The van der Waals surface area contributed by atoms with Crippen molar-refractivity contribution in [2.75, 3.05) is 18.0 Å². The molecule has 1 saturated heterocycles. The molecule has 0 N–H and O–H groups in total. The molecule has 3 heteroatoms. The molecule has 0 unspecified atom stereocenters. The van der Waals surface area contributed by atoms with Crippen LogP contribution in [0.3, 0.4) is 0 Å². The third kappa shape index (κ3) is 2.35. The van der Waals surface area contributed by atoms with Crippen LogP contribution in [-0.4, -0.2) is 13.1 Å². The van der Waals surface area contributed by atoms with E-state index in [1.165, 1.54) is 18.5 Å². The van der Waals surface area contributed by atoms with Gasteiger partial charge in [-0.05, 0) is 37.1 Å². The lowest BCUT2D eigenvalue weighted by molar-refractivity contribution is 0.271. The van der Waals surface area contributed by atoms with E-state index in [0.29, 0.717) is 6.61 Å². The summed E-state index contributed by atoms with van der Waals surface area (Å²) in [6, 6.07) is 12.0. The van der Waals surface area contributed by atoms with E-state index in [4.69, 9.17) is 9.15 Å². The highest BCUT2D eigenvalue weighted by Gasteiger charge is 2.16. The van der Waals surface area contributed by atoms with E-state index in [2.05, 4.69) is 17.0 Å². The molecule has 18 heavy (non-hydrogen) atoms. The van der Waals surface area contributed by atoms with Gasteiger partial charge in [0, 0.05) is 13.1 Å². The molecular weight excluding hydrogens is 226 g/mol. The molecule has 3 rings (SSSR count). The van der Waals surface area contributed by atoms with Crippen LogP contribution in [0.5, 0.6) is 5.75 Å². The Balaban J connectivity index is 1.74. The van der Waals surface area contributed by atoms with Crippen molar-refractivity contribution in [2.45, 2.75) is 19.4 Å². The number of hydrogen-bond donors (Lipinski definition) is 0. The minimum Gasteiger partial charge on any atom is -0.483 e. The Labute approximate surface area is 107 Å². The molecule has 2 aromatic rings. The van der Waals surface area contributed by atoms with Crippen LogP contribution in [0, 0.1) is 0 Å². The van der Waals surface area contributed by atoms with Crippen molar-refractivity contribution in [3.8, 4) is 5.75 Å². The number of rotatable bonds is 4. The molecule has 0 aliphatic carbocycles. The normalized spacial score (nSPS) is 15.0. The zero-order chi connectivity index (χ0) is 12.2. The van der Waals surface area contributed by atoms with Crippen LogP contribution in [-0.2, 0) is 6.61 Å². The first kappa shape index (κ1) is 11.2. The van der Waals surface area contributed by atoms with Crippen molar-refractivity contribution >= 4 is 5.69 Å². The summed E-state index contributed by atoms with van der Waals surface area (Å²) in [6.45, 7) is 2.74. The number of para-hydroxylation sites is 2. The summed E-state index contributed by atoms with van der Waals surface area (Å²) in [5, 5.41) is 0. The summed E-state index contributed by atoms with van der Waals surface area (Å²) in [4.78, 5) is 2.39. The molecule has 0 amide bonds. The lowest BCUT2D eigenvalue weighted by Gasteiger charge is -2.20. The molecule has 1 fully saturated rings. The summed E-state index contributed by atoms with van der Waals surface area (Å²) in [7, 11) is 0. The first-order valence-corrected chi connectivity index (χ1v) is 6.42. The lowest BCUT2D eigenvalue weighted by Crippen LogP contribution is -2.18. The van der Waals surface area contributed by atoms with Gasteiger partial charge >= 0.3 is 0 Å². The maximum Gasteiger partial charge on any atom is 0.146 e. The van der Waals surface area contributed by atoms with Gasteiger partial charge in [0.15, 0.2) is 0 Å². The molecule has 0 saturated carbocycles. The summed E-state index contributed by atoms with van der Waals surface area (Å²) in [5.74, 6) is 1.79. The molecule has 1 aromatic carbocycles. The Kier molecular flexibility index (Phi) is 3.22. The molecule has 0 radical (unpaired) electrons.